The summed E-state index contributed by atoms with van der Waals surface area (Å²) < 4.78 is 9.40. The number of carbonyl (C=O) groups is 2. The van der Waals surface area contributed by atoms with Gasteiger partial charge in [-0.1, -0.05) is 23.5 Å². The van der Waals surface area contributed by atoms with Gasteiger partial charge in [0.15, 0.2) is 5.57 Å². The van der Waals surface area contributed by atoms with Gasteiger partial charge < -0.3 is 19.7 Å². The van der Waals surface area contributed by atoms with Crippen molar-refractivity contribution < 1.29 is 29.3 Å². The number of fused-ring (bicyclic) bond motifs is 1. The SMILES string of the molecule is COC(=O)C(C(=O)OC)=C1Sc2c(O)ccc(O)c2S1. The minimum absolute atomic E-state index is 0.0422. The topological polar surface area (TPSA) is 93.1 Å². The van der Waals surface area contributed by atoms with Crippen LogP contribution in [0.1, 0.15) is 0 Å². The zero-order valence-corrected chi connectivity index (χ0v) is 12.1. The summed E-state index contributed by atoms with van der Waals surface area (Å²) in [6.45, 7) is 0. The molecule has 0 saturated heterocycles. The van der Waals surface area contributed by atoms with E-state index in [1.165, 1.54) is 12.1 Å². The highest BCUT2D eigenvalue weighted by Gasteiger charge is 2.33. The lowest BCUT2D eigenvalue weighted by Gasteiger charge is -2.05. The Kier molecular flexibility index (Phi) is 4.15. The van der Waals surface area contributed by atoms with Gasteiger partial charge in [0.2, 0.25) is 0 Å². The zero-order valence-electron chi connectivity index (χ0n) is 10.5. The Morgan fingerprint density at radius 1 is 0.950 bits per heavy atom. The summed E-state index contributed by atoms with van der Waals surface area (Å²) in [5, 5.41) is 19.5. The second-order valence-electron chi connectivity index (χ2n) is 3.61. The summed E-state index contributed by atoms with van der Waals surface area (Å²) >= 11 is 2.01. The number of ether oxygens (including phenoxy) is 2. The summed E-state index contributed by atoms with van der Waals surface area (Å²) in [5.41, 5.74) is -0.264. The van der Waals surface area contributed by atoms with Crippen molar-refractivity contribution in [2.45, 2.75) is 9.79 Å². The van der Waals surface area contributed by atoms with Crippen molar-refractivity contribution in [3.63, 3.8) is 0 Å². The molecule has 0 bridgehead atoms. The number of thioether (sulfide) groups is 2. The largest absolute Gasteiger partial charge is 0.507 e. The quantitative estimate of drug-likeness (QED) is 0.281. The van der Waals surface area contributed by atoms with Crippen molar-refractivity contribution in [2.75, 3.05) is 14.2 Å². The molecule has 1 aliphatic rings. The molecular weight excluding hydrogens is 304 g/mol. The normalized spacial score (nSPS) is 12.8. The number of phenols is 2. The number of hydrogen-bond donors (Lipinski definition) is 2. The fourth-order valence-electron chi connectivity index (χ4n) is 1.50. The number of phenolic OH excluding ortho intramolecular Hbond substituents is 2. The van der Waals surface area contributed by atoms with Gasteiger partial charge in [0.25, 0.3) is 0 Å². The van der Waals surface area contributed by atoms with Gasteiger partial charge in [0, 0.05) is 0 Å². The number of carbonyl (C=O) groups excluding carboxylic acids is 2. The highest BCUT2D eigenvalue weighted by molar-refractivity contribution is 8.24. The highest BCUT2D eigenvalue weighted by Crippen LogP contribution is 2.58. The average Bonchev–Trinajstić information content (AvgIpc) is 2.88. The van der Waals surface area contributed by atoms with Crippen LogP contribution in [0.15, 0.2) is 31.7 Å². The minimum atomic E-state index is -0.835. The van der Waals surface area contributed by atoms with Crippen LogP contribution in [0.2, 0.25) is 0 Å². The molecule has 0 fully saturated rings. The molecule has 6 nitrogen and oxygen atoms in total. The molecule has 1 aromatic carbocycles. The Hall–Kier alpha value is -1.80. The standard InChI is InChI=1S/C12H10O6S2/c1-17-10(15)7(11(16)18-2)12-19-8-5(13)3-4-6(14)9(8)20-12/h3-4,13-14H,1-2H3. The van der Waals surface area contributed by atoms with E-state index in [-0.39, 0.29) is 21.3 Å². The molecule has 0 radical (unpaired) electrons. The Morgan fingerprint density at radius 3 is 1.70 bits per heavy atom. The van der Waals surface area contributed by atoms with E-state index in [9.17, 15) is 19.8 Å². The van der Waals surface area contributed by atoms with Gasteiger partial charge in [0.1, 0.15) is 11.5 Å². The van der Waals surface area contributed by atoms with Crippen molar-refractivity contribution in [1.82, 2.24) is 0 Å². The van der Waals surface area contributed by atoms with Crippen molar-refractivity contribution in [2.24, 2.45) is 0 Å². The number of rotatable bonds is 2. The van der Waals surface area contributed by atoms with Gasteiger partial charge in [-0.05, 0) is 12.1 Å². The maximum atomic E-state index is 11.7. The molecule has 1 aliphatic heterocycles. The van der Waals surface area contributed by atoms with E-state index in [4.69, 9.17) is 0 Å². The third-order valence-electron chi connectivity index (χ3n) is 2.44. The first-order chi connectivity index (χ1) is 9.49. The number of benzene rings is 1. The van der Waals surface area contributed by atoms with E-state index in [1.807, 2.05) is 0 Å². The Bertz CT molecular complexity index is 572. The van der Waals surface area contributed by atoms with E-state index in [1.54, 1.807) is 0 Å². The fraction of sp³-hybridized carbons (Fsp3) is 0.167. The fourth-order valence-corrected chi connectivity index (χ4v) is 4.07. The average molecular weight is 314 g/mol. The molecular formula is C12H10O6S2. The van der Waals surface area contributed by atoms with Crippen molar-refractivity contribution in [1.29, 1.82) is 0 Å². The molecule has 0 aromatic heterocycles. The van der Waals surface area contributed by atoms with Gasteiger partial charge in [-0.2, -0.15) is 0 Å². The Balaban J connectivity index is 2.52. The summed E-state index contributed by atoms with van der Waals surface area (Å²) in [7, 11) is 2.30. The van der Waals surface area contributed by atoms with E-state index in [2.05, 4.69) is 9.47 Å². The van der Waals surface area contributed by atoms with E-state index in [0.29, 0.717) is 9.79 Å². The summed E-state index contributed by atoms with van der Waals surface area (Å²) in [5.74, 6) is -1.75. The maximum Gasteiger partial charge on any atom is 0.347 e. The second-order valence-corrected chi connectivity index (χ2v) is 5.91. The van der Waals surface area contributed by atoms with E-state index in [0.717, 1.165) is 37.7 Å². The van der Waals surface area contributed by atoms with Crippen LogP contribution in [-0.4, -0.2) is 36.4 Å². The highest BCUT2D eigenvalue weighted by atomic mass is 32.2. The molecule has 1 heterocycles. The van der Waals surface area contributed by atoms with Crippen LogP contribution in [-0.2, 0) is 19.1 Å². The van der Waals surface area contributed by atoms with Gasteiger partial charge >= 0.3 is 11.9 Å². The molecule has 0 aliphatic carbocycles. The van der Waals surface area contributed by atoms with Crippen LogP contribution in [0.25, 0.3) is 0 Å². The molecule has 0 amide bonds. The van der Waals surface area contributed by atoms with E-state index < -0.39 is 11.9 Å². The van der Waals surface area contributed by atoms with E-state index >= 15 is 0 Å². The molecule has 1 aromatic rings. The number of methoxy groups -OCH3 is 2. The summed E-state index contributed by atoms with van der Waals surface area (Å²) in [6.07, 6.45) is 0. The lowest BCUT2D eigenvalue weighted by molar-refractivity contribution is -0.144. The van der Waals surface area contributed by atoms with Crippen LogP contribution in [0.4, 0.5) is 0 Å². The third-order valence-corrected chi connectivity index (χ3v) is 5.09. The first kappa shape index (κ1) is 14.6. The third kappa shape index (κ3) is 2.44. The van der Waals surface area contributed by atoms with Crippen LogP contribution >= 0.6 is 23.5 Å². The lowest BCUT2D eigenvalue weighted by atomic mass is 10.3. The molecule has 8 heteroatoms. The number of aromatic hydroxyl groups is 2. The Labute approximate surface area is 122 Å². The number of esters is 2. The van der Waals surface area contributed by atoms with Crippen LogP contribution in [0.5, 0.6) is 11.5 Å². The van der Waals surface area contributed by atoms with Crippen molar-refractivity contribution in [3.8, 4) is 11.5 Å². The van der Waals surface area contributed by atoms with Crippen LogP contribution < -0.4 is 0 Å². The predicted octanol–water partition coefficient (Wildman–Crippen LogP) is 1.85. The second kappa shape index (κ2) is 5.68. The smallest absolute Gasteiger partial charge is 0.347 e. The number of hydrogen-bond acceptors (Lipinski definition) is 8. The molecule has 2 N–H and O–H groups in total. The van der Waals surface area contributed by atoms with Crippen LogP contribution in [0.3, 0.4) is 0 Å². The zero-order chi connectivity index (χ0) is 14.9. The molecule has 2 rings (SSSR count). The van der Waals surface area contributed by atoms with Crippen molar-refractivity contribution >= 4 is 35.5 Å². The monoisotopic (exact) mass is 314 g/mol. The van der Waals surface area contributed by atoms with Gasteiger partial charge in [-0.15, -0.1) is 0 Å². The summed E-state index contributed by atoms with van der Waals surface area (Å²) in [4.78, 5) is 24.1. The van der Waals surface area contributed by atoms with Crippen LogP contribution in [0, 0.1) is 0 Å². The molecule has 0 saturated carbocycles. The van der Waals surface area contributed by atoms with Gasteiger partial charge in [0.05, 0.1) is 28.2 Å². The lowest BCUT2D eigenvalue weighted by Crippen LogP contribution is -2.16. The molecule has 20 heavy (non-hydrogen) atoms. The molecule has 106 valence electrons. The van der Waals surface area contributed by atoms with Crippen molar-refractivity contribution in [3.05, 3.63) is 21.9 Å². The molecule has 0 spiro atoms. The first-order valence-corrected chi connectivity index (χ1v) is 6.94. The van der Waals surface area contributed by atoms with Gasteiger partial charge in [-0.3, -0.25) is 0 Å². The summed E-state index contributed by atoms with van der Waals surface area (Å²) in [6, 6.07) is 2.67. The first-order valence-electron chi connectivity index (χ1n) is 5.31. The minimum Gasteiger partial charge on any atom is -0.507 e. The molecule has 0 unspecified atom stereocenters. The predicted molar refractivity (Wildman–Crippen MR) is 72.5 cm³/mol. The van der Waals surface area contributed by atoms with Gasteiger partial charge in [-0.25, -0.2) is 9.59 Å². The maximum absolute atomic E-state index is 11.7. The Morgan fingerprint density at radius 2 is 1.35 bits per heavy atom. The molecule has 0 atom stereocenters.